The molecule has 1 aromatic carbocycles. The van der Waals surface area contributed by atoms with E-state index in [2.05, 4.69) is 26.6 Å². The Bertz CT molecular complexity index is 909. The summed E-state index contributed by atoms with van der Waals surface area (Å²) in [5.41, 5.74) is 3.96. The number of carbonyl (C=O) groups excluding carboxylic acids is 1. The number of aryl methyl sites for hydroxylation is 2. The van der Waals surface area contributed by atoms with Crippen molar-refractivity contribution < 1.29 is 4.79 Å². The van der Waals surface area contributed by atoms with E-state index in [1.807, 2.05) is 31.4 Å². The minimum atomic E-state index is -0.414. The average molecular weight is 326 g/mol. The number of hydrogen-bond acceptors (Lipinski definition) is 5. The zero-order valence-corrected chi connectivity index (χ0v) is 13.4. The highest BCUT2D eigenvalue weighted by atomic mass is 32.1. The summed E-state index contributed by atoms with van der Waals surface area (Å²) in [4.78, 5) is 27.5. The Morgan fingerprint density at radius 2 is 2.04 bits per heavy atom. The van der Waals surface area contributed by atoms with Gasteiger partial charge in [0.25, 0.3) is 11.5 Å². The molecule has 0 spiro atoms. The van der Waals surface area contributed by atoms with Crippen LogP contribution in [-0.4, -0.2) is 21.1 Å². The fourth-order valence-electron chi connectivity index (χ4n) is 2.19. The van der Waals surface area contributed by atoms with E-state index in [9.17, 15) is 9.59 Å². The molecule has 0 bridgehead atoms. The Labute approximate surface area is 136 Å². The van der Waals surface area contributed by atoms with Gasteiger partial charge < -0.3 is 0 Å². The van der Waals surface area contributed by atoms with Crippen LogP contribution in [0, 0.1) is 13.8 Å². The van der Waals surface area contributed by atoms with Crippen LogP contribution >= 0.6 is 11.3 Å². The molecule has 0 saturated carbocycles. The lowest BCUT2D eigenvalue weighted by Gasteiger charge is -2.03. The molecule has 0 saturated heterocycles. The van der Waals surface area contributed by atoms with Crippen molar-refractivity contribution in [2.75, 3.05) is 5.32 Å². The highest BCUT2D eigenvalue weighted by Crippen LogP contribution is 2.28. The third-order valence-electron chi connectivity index (χ3n) is 3.29. The Morgan fingerprint density at radius 1 is 1.22 bits per heavy atom. The van der Waals surface area contributed by atoms with Crippen LogP contribution in [0.3, 0.4) is 0 Å². The molecule has 0 aliphatic heterocycles. The number of H-pyrrole nitrogens is 1. The molecule has 0 aliphatic rings. The molecule has 2 aromatic heterocycles. The Balaban J connectivity index is 1.80. The Morgan fingerprint density at radius 3 is 2.74 bits per heavy atom. The van der Waals surface area contributed by atoms with Crippen LogP contribution in [0.4, 0.5) is 5.13 Å². The molecule has 1 amide bonds. The van der Waals surface area contributed by atoms with E-state index < -0.39 is 5.91 Å². The maximum Gasteiger partial charge on any atom is 0.277 e. The summed E-state index contributed by atoms with van der Waals surface area (Å²) < 4.78 is 0. The van der Waals surface area contributed by atoms with Crippen LogP contribution in [0.25, 0.3) is 11.3 Å². The number of amides is 1. The number of hydrogen-bond donors (Lipinski definition) is 2. The van der Waals surface area contributed by atoms with Crippen LogP contribution in [0.2, 0.25) is 0 Å². The second kappa shape index (κ2) is 6.13. The second-order valence-electron chi connectivity index (χ2n) is 5.12. The fraction of sp³-hybridized carbons (Fsp3) is 0.125. The van der Waals surface area contributed by atoms with Crippen LogP contribution in [-0.2, 0) is 0 Å². The number of rotatable bonds is 3. The Kier molecular flexibility index (Phi) is 4.03. The summed E-state index contributed by atoms with van der Waals surface area (Å²) in [6.45, 7) is 4.07. The molecular weight excluding hydrogens is 312 g/mol. The number of anilines is 1. The summed E-state index contributed by atoms with van der Waals surface area (Å²) in [5.74, 6) is -0.414. The second-order valence-corrected chi connectivity index (χ2v) is 5.97. The van der Waals surface area contributed by atoms with Gasteiger partial charge in [0.15, 0.2) is 5.13 Å². The number of nitrogens with one attached hydrogen (secondary N) is 2. The van der Waals surface area contributed by atoms with Crippen molar-refractivity contribution in [2.24, 2.45) is 0 Å². The molecule has 7 heteroatoms. The van der Waals surface area contributed by atoms with Gasteiger partial charge in [-0.1, -0.05) is 23.8 Å². The standard InChI is InChI=1S/C16H14N4O2S/c1-9-3-4-11(10(2)7-9)13-8-23-16(17-13)18-15(22)12-5-6-14(21)20-19-12/h3-8H,1-2H3,(H,20,21)(H,17,18,22). The molecule has 2 heterocycles. The normalized spacial score (nSPS) is 10.5. The van der Waals surface area contributed by atoms with Crippen LogP contribution in [0.5, 0.6) is 0 Å². The van der Waals surface area contributed by atoms with Crippen molar-refractivity contribution in [3.63, 3.8) is 0 Å². The van der Waals surface area contributed by atoms with E-state index >= 15 is 0 Å². The van der Waals surface area contributed by atoms with Gasteiger partial charge in [0, 0.05) is 17.0 Å². The fourth-order valence-corrected chi connectivity index (χ4v) is 2.89. The molecule has 6 nitrogen and oxygen atoms in total. The van der Waals surface area contributed by atoms with E-state index in [0.717, 1.165) is 16.8 Å². The van der Waals surface area contributed by atoms with Crippen LogP contribution in [0.1, 0.15) is 21.6 Å². The summed E-state index contributed by atoms with van der Waals surface area (Å²) in [7, 11) is 0. The van der Waals surface area contributed by atoms with Gasteiger partial charge in [-0.15, -0.1) is 11.3 Å². The van der Waals surface area contributed by atoms with Gasteiger partial charge >= 0.3 is 0 Å². The molecule has 0 radical (unpaired) electrons. The van der Waals surface area contributed by atoms with Gasteiger partial charge in [-0.2, -0.15) is 5.10 Å². The highest BCUT2D eigenvalue weighted by Gasteiger charge is 2.12. The molecular formula is C16H14N4O2S. The summed E-state index contributed by atoms with van der Waals surface area (Å²) >= 11 is 1.34. The van der Waals surface area contributed by atoms with Crippen molar-refractivity contribution in [2.45, 2.75) is 13.8 Å². The first-order chi connectivity index (χ1) is 11.0. The van der Waals surface area contributed by atoms with Gasteiger partial charge in [-0.05, 0) is 25.5 Å². The molecule has 3 aromatic rings. The maximum atomic E-state index is 12.1. The van der Waals surface area contributed by atoms with Crippen molar-refractivity contribution in [3.8, 4) is 11.3 Å². The smallest absolute Gasteiger partial charge is 0.277 e. The SMILES string of the molecule is Cc1ccc(-c2csc(NC(=O)c3ccc(=O)[nH]n3)n2)c(C)c1. The molecule has 116 valence electrons. The zero-order valence-electron chi connectivity index (χ0n) is 12.6. The number of aromatic nitrogens is 3. The number of carbonyl (C=O) groups is 1. The number of benzene rings is 1. The van der Waals surface area contributed by atoms with Crippen molar-refractivity contribution in [1.82, 2.24) is 15.2 Å². The summed E-state index contributed by atoms with van der Waals surface area (Å²) in [5, 5.41) is 11.0. The lowest BCUT2D eigenvalue weighted by molar-refractivity contribution is 0.102. The van der Waals surface area contributed by atoms with E-state index in [1.54, 1.807) is 0 Å². The first-order valence-electron chi connectivity index (χ1n) is 6.93. The van der Waals surface area contributed by atoms with Gasteiger partial charge in [0.2, 0.25) is 0 Å². The van der Waals surface area contributed by atoms with Crippen molar-refractivity contribution in [3.05, 3.63) is 62.9 Å². The molecule has 3 rings (SSSR count). The molecule has 0 aliphatic carbocycles. The number of thiazole rings is 1. The molecule has 0 unspecified atom stereocenters. The van der Waals surface area contributed by atoms with E-state index in [-0.39, 0.29) is 11.3 Å². The third-order valence-corrected chi connectivity index (χ3v) is 4.05. The predicted octanol–water partition coefficient (Wildman–Crippen LogP) is 2.76. The number of nitrogens with zero attached hydrogens (tertiary/aromatic N) is 2. The van der Waals surface area contributed by atoms with Crippen LogP contribution in [0.15, 0.2) is 40.5 Å². The third kappa shape index (κ3) is 3.35. The lowest BCUT2D eigenvalue weighted by atomic mass is 10.0. The van der Waals surface area contributed by atoms with Gasteiger partial charge in [-0.3, -0.25) is 14.9 Å². The molecule has 23 heavy (non-hydrogen) atoms. The lowest BCUT2D eigenvalue weighted by Crippen LogP contribution is -2.17. The summed E-state index contributed by atoms with van der Waals surface area (Å²) in [6, 6.07) is 8.77. The minimum Gasteiger partial charge on any atom is -0.296 e. The maximum absolute atomic E-state index is 12.1. The quantitative estimate of drug-likeness (QED) is 0.774. The van der Waals surface area contributed by atoms with E-state index in [1.165, 1.54) is 29.0 Å². The topological polar surface area (TPSA) is 87.7 Å². The first kappa shape index (κ1) is 15.1. The minimum absolute atomic E-state index is 0.132. The van der Waals surface area contributed by atoms with Gasteiger partial charge in [-0.25, -0.2) is 10.1 Å². The molecule has 0 fully saturated rings. The van der Waals surface area contributed by atoms with Crippen molar-refractivity contribution >= 4 is 22.4 Å². The Hall–Kier alpha value is -2.80. The average Bonchev–Trinajstić information content (AvgIpc) is 2.96. The monoisotopic (exact) mass is 326 g/mol. The van der Waals surface area contributed by atoms with Crippen LogP contribution < -0.4 is 10.9 Å². The summed E-state index contributed by atoms with van der Waals surface area (Å²) in [6.07, 6.45) is 0. The van der Waals surface area contributed by atoms with E-state index in [4.69, 9.17) is 0 Å². The molecule has 2 N–H and O–H groups in total. The first-order valence-corrected chi connectivity index (χ1v) is 7.81. The van der Waals surface area contributed by atoms with E-state index in [0.29, 0.717) is 5.13 Å². The highest BCUT2D eigenvalue weighted by molar-refractivity contribution is 7.14. The van der Waals surface area contributed by atoms with Crippen molar-refractivity contribution in [1.29, 1.82) is 0 Å². The van der Waals surface area contributed by atoms with Gasteiger partial charge in [0.1, 0.15) is 5.69 Å². The zero-order chi connectivity index (χ0) is 16.4. The van der Waals surface area contributed by atoms with Gasteiger partial charge in [0.05, 0.1) is 5.69 Å². The predicted molar refractivity (Wildman–Crippen MR) is 89.8 cm³/mol. The molecule has 0 atom stereocenters. The largest absolute Gasteiger partial charge is 0.296 e. The number of aromatic amines is 1.